The molecule has 122 valence electrons. The fourth-order valence-electron chi connectivity index (χ4n) is 2.93. The van der Waals surface area contributed by atoms with Gasteiger partial charge in [-0.2, -0.15) is 0 Å². The summed E-state index contributed by atoms with van der Waals surface area (Å²) in [6, 6.07) is 1.72. The number of aryl methyl sites for hydroxylation is 1. The molecule has 1 amide bonds. The maximum Gasteiger partial charge on any atom is 0.257 e. The fraction of sp³-hybridized carbons (Fsp3) is 0.529. The monoisotopic (exact) mass is 316 g/mol. The number of furan rings is 1. The largest absolute Gasteiger partial charge is 0.469 e. The summed E-state index contributed by atoms with van der Waals surface area (Å²) in [5.74, 6) is 2.25. The van der Waals surface area contributed by atoms with E-state index in [1.165, 1.54) is 12.8 Å². The van der Waals surface area contributed by atoms with Gasteiger partial charge in [0.2, 0.25) is 0 Å². The fourth-order valence-corrected chi connectivity index (χ4v) is 2.93. The lowest BCUT2D eigenvalue weighted by atomic mass is 10.1. The lowest BCUT2D eigenvalue weighted by Gasteiger charge is -2.26. The third-order valence-electron chi connectivity index (χ3n) is 4.57. The number of fused-ring (bicyclic) bond motifs is 1. The van der Waals surface area contributed by atoms with Crippen LogP contribution < -0.4 is 0 Å². The SMILES string of the molecule is Cc1occc1C(=O)N1CCc2onc(COCC3CC3)c2C1. The van der Waals surface area contributed by atoms with Crippen LogP contribution in [0.2, 0.25) is 0 Å². The molecule has 1 aliphatic carbocycles. The molecule has 1 aliphatic heterocycles. The number of amides is 1. The molecule has 0 radical (unpaired) electrons. The van der Waals surface area contributed by atoms with Crippen molar-refractivity contribution in [2.24, 2.45) is 5.92 Å². The molecule has 4 rings (SSSR count). The molecule has 0 spiro atoms. The minimum Gasteiger partial charge on any atom is -0.469 e. The van der Waals surface area contributed by atoms with Gasteiger partial charge in [-0.1, -0.05) is 5.16 Å². The van der Waals surface area contributed by atoms with Crippen molar-refractivity contribution in [3.8, 4) is 0 Å². The Labute approximate surface area is 134 Å². The number of carbonyl (C=O) groups excluding carboxylic acids is 1. The average molecular weight is 316 g/mol. The molecule has 2 aromatic rings. The highest BCUT2D eigenvalue weighted by atomic mass is 16.5. The summed E-state index contributed by atoms with van der Waals surface area (Å²) in [4.78, 5) is 14.4. The van der Waals surface area contributed by atoms with E-state index in [-0.39, 0.29) is 5.91 Å². The first-order chi connectivity index (χ1) is 11.2. The van der Waals surface area contributed by atoms with E-state index in [0.717, 1.165) is 29.5 Å². The summed E-state index contributed by atoms with van der Waals surface area (Å²) in [6.45, 7) is 4.21. The van der Waals surface area contributed by atoms with Crippen molar-refractivity contribution in [1.82, 2.24) is 10.1 Å². The van der Waals surface area contributed by atoms with E-state index in [9.17, 15) is 4.79 Å². The molecule has 0 N–H and O–H groups in total. The van der Waals surface area contributed by atoms with Gasteiger partial charge in [0, 0.05) is 25.1 Å². The Bertz CT molecular complexity index is 714. The van der Waals surface area contributed by atoms with Crippen LogP contribution in [0.5, 0.6) is 0 Å². The van der Waals surface area contributed by atoms with Crippen LogP contribution in [0.3, 0.4) is 0 Å². The Balaban J connectivity index is 1.46. The van der Waals surface area contributed by atoms with Crippen LogP contribution in [0, 0.1) is 12.8 Å². The van der Waals surface area contributed by atoms with E-state index >= 15 is 0 Å². The lowest BCUT2D eigenvalue weighted by Crippen LogP contribution is -2.36. The van der Waals surface area contributed by atoms with Gasteiger partial charge < -0.3 is 18.6 Å². The summed E-state index contributed by atoms with van der Waals surface area (Å²) in [6.07, 6.45) is 4.77. The van der Waals surface area contributed by atoms with E-state index in [1.807, 2.05) is 4.90 Å². The zero-order valence-corrected chi connectivity index (χ0v) is 13.2. The second-order valence-corrected chi connectivity index (χ2v) is 6.36. The second kappa shape index (κ2) is 5.85. The van der Waals surface area contributed by atoms with Crippen molar-refractivity contribution in [2.75, 3.05) is 13.2 Å². The molecule has 0 atom stereocenters. The summed E-state index contributed by atoms with van der Waals surface area (Å²) >= 11 is 0. The standard InChI is InChI=1S/C17H20N2O4/c1-11-13(5-7-22-11)17(20)19-6-4-16-14(8-19)15(18-23-16)10-21-9-12-2-3-12/h5,7,12H,2-4,6,8-10H2,1H3. The molecule has 0 unspecified atom stereocenters. The van der Waals surface area contributed by atoms with Crippen molar-refractivity contribution < 1.29 is 18.5 Å². The topological polar surface area (TPSA) is 68.7 Å². The molecule has 6 nitrogen and oxygen atoms in total. The minimum atomic E-state index is -0.00653. The van der Waals surface area contributed by atoms with Crippen molar-refractivity contribution in [3.05, 3.63) is 40.7 Å². The second-order valence-electron chi connectivity index (χ2n) is 6.36. The van der Waals surface area contributed by atoms with Gasteiger partial charge >= 0.3 is 0 Å². The van der Waals surface area contributed by atoms with Crippen LogP contribution in [-0.2, 0) is 24.3 Å². The highest BCUT2D eigenvalue weighted by Crippen LogP contribution is 2.30. The van der Waals surface area contributed by atoms with E-state index in [4.69, 9.17) is 13.7 Å². The first kappa shape index (κ1) is 14.5. The van der Waals surface area contributed by atoms with Gasteiger partial charge in [0.1, 0.15) is 17.2 Å². The molecular formula is C17H20N2O4. The molecule has 0 saturated heterocycles. The number of rotatable bonds is 5. The van der Waals surface area contributed by atoms with Crippen LogP contribution in [0.1, 0.15) is 46.0 Å². The number of carbonyl (C=O) groups is 1. The minimum absolute atomic E-state index is 0.00653. The molecule has 1 fully saturated rings. The Morgan fingerprint density at radius 3 is 3.09 bits per heavy atom. The molecule has 0 aromatic carbocycles. The smallest absolute Gasteiger partial charge is 0.257 e. The van der Waals surface area contributed by atoms with Crippen molar-refractivity contribution in [3.63, 3.8) is 0 Å². The molecular weight excluding hydrogens is 296 g/mol. The Kier molecular flexibility index (Phi) is 3.69. The molecule has 0 bridgehead atoms. The number of nitrogens with zero attached hydrogens (tertiary/aromatic N) is 2. The van der Waals surface area contributed by atoms with Crippen molar-refractivity contribution in [1.29, 1.82) is 0 Å². The maximum absolute atomic E-state index is 12.6. The van der Waals surface area contributed by atoms with Gasteiger partial charge in [0.05, 0.1) is 25.0 Å². The molecule has 6 heteroatoms. The van der Waals surface area contributed by atoms with Crippen LogP contribution in [-0.4, -0.2) is 29.1 Å². The number of ether oxygens (including phenoxy) is 1. The molecule has 2 aliphatic rings. The first-order valence-electron chi connectivity index (χ1n) is 8.10. The molecule has 3 heterocycles. The Hall–Kier alpha value is -2.08. The van der Waals surface area contributed by atoms with Gasteiger partial charge in [-0.25, -0.2) is 0 Å². The summed E-state index contributed by atoms with van der Waals surface area (Å²) in [7, 11) is 0. The van der Waals surface area contributed by atoms with Gasteiger partial charge in [-0.15, -0.1) is 0 Å². The normalized spacial score (nSPS) is 17.3. The average Bonchev–Trinajstić information content (AvgIpc) is 3.15. The van der Waals surface area contributed by atoms with E-state index in [2.05, 4.69) is 5.16 Å². The number of hydrogen-bond donors (Lipinski definition) is 0. The third-order valence-corrected chi connectivity index (χ3v) is 4.57. The molecule has 23 heavy (non-hydrogen) atoms. The van der Waals surface area contributed by atoms with E-state index in [1.54, 1.807) is 19.3 Å². The Morgan fingerprint density at radius 2 is 2.35 bits per heavy atom. The van der Waals surface area contributed by atoms with Gasteiger partial charge in [0.25, 0.3) is 5.91 Å². The van der Waals surface area contributed by atoms with E-state index < -0.39 is 0 Å². The van der Waals surface area contributed by atoms with Crippen LogP contribution in [0.25, 0.3) is 0 Å². The number of aromatic nitrogens is 1. The quantitative estimate of drug-likeness (QED) is 0.848. The van der Waals surface area contributed by atoms with Crippen LogP contribution in [0.15, 0.2) is 21.3 Å². The zero-order valence-electron chi connectivity index (χ0n) is 13.2. The van der Waals surface area contributed by atoms with Crippen LogP contribution in [0.4, 0.5) is 0 Å². The molecule has 1 saturated carbocycles. The lowest BCUT2D eigenvalue weighted by molar-refractivity contribution is 0.0724. The maximum atomic E-state index is 12.6. The van der Waals surface area contributed by atoms with Crippen molar-refractivity contribution >= 4 is 5.91 Å². The summed E-state index contributed by atoms with van der Waals surface area (Å²) in [5.41, 5.74) is 2.44. The molecule has 2 aromatic heterocycles. The highest BCUT2D eigenvalue weighted by molar-refractivity contribution is 5.95. The zero-order chi connectivity index (χ0) is 15.8. The van der Waals surface area contributed by atoms with Gasteiger partial charge in [0.15, 0.2) is 0 Å². The van der Waals surface area contributed by atoms with Gasteiger partial charge in [-0.05, 0) is 31.7 Å². The predicted octanol–water partition coefficient (Wildman–Crippen LogP) is 2.70. The highest BCUT2D eigenvalue weighted by Gasteiger charge is 2.29. The van der Waals surface area contributed by atoms with E-state index in [0.29, 0.717) is 37.4 Å². The first-order valence-corrected chi connectivity index (χ1v) is 8.10. The summed E-state index contributed by atoms with van der Waals surface area (Å²) in [5, 5.41) is 4.13. The number of hydrogen-bond acceptors (Lipinski definition) is 5. The third kappa shape index (κ3) is 2.91. The predicted molar refractivity (Wildman–Crippen MR) is 80.8 cm³/mol. The van der Waals surface area contributed by atoms with Gasteiger partial charge in [-0.3, -0.25) is 4.79 Å². The van der Waals surface area contributed by atoms with Crippen LogP contribution >= 0.6 is 0 Å². The van der Waals surface area contributed by atoms with Crippen molar-refractivity contribution in [2.45, 2.75) is 39.3 Å². The summed E-state index contributed by atoms with van der Waals surface area (Å²) < 4.78 is 16.4. The Morgan fingerprint density at radius 1 is 1.48 bits per heavy atom.